The first-order valence-electron chi connectivity index (χ1n) is 9.61. The van der Waals surface area contributed by atoms with Crippen LogP contribution in [0.4, 0.5) is 16.2 Å². The van der Waals surface area contributed by atoms with Crippen LogP contribution in [0, 0.1) is 0 Å². The van der Waals surface area contributed by atoms with E-state index < -0.39 is 15.7 Å². The Morgan fingerprint density at radius 3 is 1.97 bits per heavy atom. The number of benzene rings is 2. The first-order valence-corrected chi connectivity index (χ1v) is 11.5. The lowest BCUT2D eigenvalue weighted by atomic mass is 10.2. The van der Waals surface area contributed by atoms with E-state index in [1.54, 1.807) is 36.4 Å². The fourth-order valence-electron chi connectivity index (χ4n) is 3.29. The minimum atomic E-state index is -3.52. The van der Waals surface area contributed by atoms with Gasteiger partial charge in [-0.1, -0.05) is 25.0 Å². The molecule has 2 aromatic carbocycles. The normalized spacial score (nSPS) is 14.7. The number of urea groups is 1. The van der Waals surface area contributed by atoms with E-state index in [0.29, 0.717) is 11.4 Å². The van der Waals surface area contributed by atoms with Gasteiger partial charge in [0.05, 0.1) is 10.5 Å². The molecule has 1 aliphatic heterocycles. The Hall–Kier alpha value is -2.87. The fourth-order valence-corrected chi connectivity index (χ4v) is 4.18. The number of hydrogen-bond donors (Lipinski definition) is 2. The molecular weight excluding hydrogens is 390 g/mol. The van der Waals surface area contributed by atoms with Gasteiger partial charge in [-0.3, -0.25) is 4.79 Å². The van der Waals surface area contributed by atoms with E-state index in [2.05, 4.69) is 10.6 Å². The van der Waals surface area contributed by atoms with Crippen LogP contribution in [0.5, 0.6) is 0 Å². The van der Waals surface area contributed by atoms with Crippen molar-refractivity contribution in [2.75, 3.05) is 30.0 Å². The monoisotopic (exact) mass is 415 g/mol. The Morgan fingerprint density at radius 1 is 0.828 bits per heavy atom. The molecular formula is C21H25N3O4S. The summed E-state index contributed by atoms with van der Waals surface area (Å²) >= 11 is 0. The highest BCUT2D eigenvalue weighted by Crippen LogP contribution is 2.19. The molecule has 3 amide bonds. The van der Waals surface area contributed by atoms with E-state index in [1.807, 2.05) is 4.90 Å². The zero-order chi connectivity index (χ0) is 20.9. The summed E-state index contributed by atoms with van der Waals surface area (Å²) < 4.78 is 23.8. The van der Waals surface area contributed by atoms with Crippen molar-refractivity contribution in [2.24, 2.45) is 0 Å². The minimum Gasteiger partial charge on any atom is -0.325 e. The number of hydrogen-bond acceptors (Lipinski definition) is 4. The quantitative estimate of drug-likeness (QED) is 0.795. The summed E-state index contributed by atoms with van der Waals surface area (Å²) in [4.78, 5) is 26.7. The molecule has 7 nitrogen and oxygen atoms in total. The summed E-state index contributed by atoms with van der Waals surface area (Å²) in [5.41, 5.74) is 1.23. The van der Waals surface area contributed by atoms with E-state index in [1.165, 1.54) is 12.1 Å². The number of carbonyl (C=O) groups is 2. The molecule has 29 heavy (non-hydrogen) atoms. The third kappa shape index (κ3) is 5.57. The van der Waals surface area contributed by atoms with Gasteiger partial charge < -0.3 is 15.5 Å². The molecule has 1 saturated heterocycles. The lowest BCUT2D eigenvalue weighted by Crippen LogP contribution is -2.35. The van der Waals surface area contributed by atoms with E-state index in [9.17, 15) is 18.0 Å². The van der Waals surface area contributed by atoms with Gasteiger partial charge in [-0.25, -0.2) is 13.2 Å². The van der Waals surface area contributed by atoms with Crippen molar-refractivity contribution in [3.8, 4) is 0 Å². The van der Waals surface area contributed by atoms with Crippen LogP contribution in [0.2, 0.25) is 0 Å². The van der Waals surface area contributed by atoms with Gasteiger partial charge in [0.2, 0.25) is 0 Å². The van der Waals surface area contributed by atoms with Gasteiger partial charge in [0.15, 0.2) is 9.84 Å². The summed E-state index contributed by atoms with van der Waals surface area (Å²) in [6, 6.07) is 12.7. The van der Waals surface area contributed by atoms with Crippen LogP contribution < -0.4 is 10.6 Å². The number of amides is 3. The zero-order valence-electron chi connectivity index (χ0n) is 16.3. The van der Waals surface area contributed by atoms with Crippen molar-refractivity contribution in [3.63, 3.8) is 0 Å². The van der Waals surface area contributed by atoms with Crippen LogP contribution in [0.25, 0.3) is 0 Å². The summed E-state index contributed by atoms with van der Waals surface area (Å²) in [6.45, 7) is 1.53. The first-order chi connectivity index (χ1) is 13.8. The summed E-state index contributed by atoms with van der Waals surface area (Å²) in [7, 11) is -3.52. The van der Waals surface area contributed by atoms with E-state index >= 15 is 0 Å². The van der Waals surface area contributed by atoms with E-state index in [-0.39, 0.29) is 16.5 Å². The van der Waals surface area contributed by atoms with Crippen molar-refractivity contribution in [1.82, 2.24) is 4.90 Å². The maximum Gasteiger partial charge on any atom is 0.321 e. The van der Waals surface area contributed by atoms with E-state index in [0.717, 1.165) is 45.0 Å². The van der Waals surface area contributed by atoms with E-state index in [4.69, 9.17) is 0 Å². The van der Waals surface area contributed by atoms with Crippen LogP contribution >= 0.6 is 0 Å². The standard InChI is InChI=1S/C21H25N3O4S/c1-29(27,28)19-9-5-4-8-18(19)20(25)22-16-10-12-17(13-11-16)23-21(26)24-14-6-2-3-7-15-24/h4-5,8-13H,2-3,6-7,14-15H2,1H3,(H,22,25)(H,23,26). The number of anilines is 2. The van der Waals surface area contributed by atoms with Gasteiger partial charge in [0.1, 0.15) is 0 Å². The molecule has 8 heteroatoms. The molecule has 2 aromatic rings. The highest BCUT2D eigenvalue weighted by Gasteiger charge is 2.18. The number of nitrogens with zero attached hydrogens (tertiary/aromatic N) is 1. The van der Waals surface area contributed by atoms with Crippen LogP contribution in [0.15, 0.2) is 53.4 Å². The molecule has 0 spiro atoms. The third-order valence-electron chi connectivity index (χ3n) is 4.82. The molecule has 154 valence electrons. The first kappa shape index (κ1) is 20.9. The highest BCUT2D eigenvalue weighted by atomic mass is 32.2. The number of rotatable bonds is 4. The third-order valence-corrected chi connectivity index (χ3v) is 5.97. The Morgan fingerprint density at radius 2 is 1.38 bits per heavy atom. The van der Waals surface area contributed by atoms with Crippen molar-refractivity contribution >= 4 is 33.2 Å². The molecule has 2 N–H and O–H groups in total. The topological polar surface area (TPSA) is 95.6 Å². The Bertz CT molecular complexity index is 979. The maximum atomic E-state index is 12.5. The maximum absolute atomic E-state index is 12.5. The van der Waals surface area contributed by atoms with Gasteiger partial charge >= 0.3 is 6.03 Å². The Labute approximate surface area is 171 Å². The Balaban J connectivity index is 1.65. The van der Waals surface area contributed by atoms with Gasteiger partial charge in [0.25, 0.3) is 5.91 Å². The zero-order valence-corrected chi connectivity index (χ0v) is 17.2. The molecule has 0 aliphatic carbocycles. The smallest absolute Gasteiger partial charge is 0.321 e. The predicted molar refractivity (Wildman–Crippen MR) is 113 cm³/mol. The second-order valence-corrected chi connectivity index (χ2v) is 9.12. The van der Waals surface area contributed by atoms with Gasteiger partial charge in [-0.05, 0) is 49.2 Å². The van der Waals surface area contributed by atoms with Crippen LogP contribution in [-0.4, -0.2) is 44.6 Å². The molecule has 0 atom stereocenters. The average molecular weight is 416 g/mol. The van der Waals surface area contributed by atoms with Crippen molar-refractivity contribution in [3.05, 3.63) is 54.1 Å². The van der Waals surface area contributed by atoms with Crippen molar-refractivity contribution < 1.29 is 18.0 Å². The number of carbonyl (C=O) groups excluding carboxylic acids is 2. The average Bonchev–Trinajstić information content (AvgIpc) is 2.98. The molecule has 0 bridgehead atoms. The Kier molecular flexibility index (Phi) is 6.53. The molecule has 1 fully saturated rings. The highest BCUT2D eigenvalue weighted by molar-refractivity contribution is 7.90. The second-order valence-electron chi connectivity index (χ2n) is 7.13. The molecule has 1 aliphatic rings. The van der Waals surface area contributed by atoms with Crippen molar-refractivity contribution in [2.45, 2.75) is 30.6 Å². The van der Waals surface area contributed by atoms with Crippen LogP contribution in [0.3, 0.4) is 0 Å². The molecule has 0 radical (unpaired) electrons. The van der Waals surface area contributed by atoms with Gasteiger partial charge in [0, 0.05) is 30.7 Å². The minimum absolute atomic E-state index is 0.0150. The lowest BCUT2D eigenvalue weighted by molar-refractivity contribution is 0.102. The molecule has 0 aromatic heterocycles. The largest absolute Gasteiger partial charge is 0.325 e. The van der Waals surface area contributed by atoms with Crippen LogP contribution in [-0.2, 0) is 9.84 Å². The number of sulfone groups is 1. The molecule has 0 unspecified atom stereocenters. The molecule has 3 rings (SSSR count). The SMILES string of the molecule is CS(=O)(=O)c1ccccc1C(=O)Nc1ccc(NC(=O)N2CCCCCC2)cc1. The summed E-state index contributed by atoms with van der Waals surface area (Å²) in [6.07, 6.45) is 5.42. The number of likely N-dealkylation sites (tertiary alicyclic amines) is 1. The van der Waals surface area contributed by atoms with Gasteiger partial charge in [-0.15, -0.1) is 0 Å². The second kappa shape index (κ2) is 9.09. The number of nitrogens with one attached hydrogen (secondary N) is 2. The van der Waals surface area contributed by atoms with Gasteiger partial charge in [-0.2, -0.15) is 0 Å². The fraction of sp³-hybridized carbons (Fsp3) is 0.333. The van der Waals surface area contributed by atoms with Crippen molar-refractivity contribution in [1.29, 1.82) is 0 Å². The van der Waals surface area contributed by atoms with Crippen LogP contribution in [0.1, 0.15) is 36.0 Å². The predicted octanol–water partition coefficient (Wildman–Crippen LogP) is 3.75. The lowest BCUT2D eigenvalue weighted by Gasteiger charge is -2.20. The summed E-state index contributed by atoms with van der Waals surface area (Å²) in [5.74, 6) is -0.507. The summed E-state index contributed by atoms with van der Waals surface area (Å²) in [5, 5.41) is 5.57. The molecule has 1 heterocycles. The molecule has 0 saturated carbocycles.